The van der Waals surface area contributed by atoms with Gasteiger partial charge < -0.3 is 86.0 Å². The predicted octanol–water partition coefficient (Wildman–Crippen LogP) is 5.33. The van der Waals surface area contributed by atoms with Gasteiger partial charge >= 0.3 is 5.97 Å². The Morgan fingerprint density at radius 1 is 0.475 bits per heavy atom. The van der Waals surface area contributed by atoms with E-state index in [1.165, 1.54) is 0 Å². The number of rotatable bonds is 2. The Hall–Kier alpha value is -1.73. The van der Waals surface area contributed by atoms with E-state index >= 15 is 0 Å². The quantitative estimate of drug-likeness (QED) is 0.265. The molecule has 0 radical (unpaired) electrons. The molecule has 0 unspecified atom stereocenters. The van der Waals surface area contributed by atoms with Crippen molar-refractivity contribution in [2.24, 2.45) is 23.7 Å². The molecule has 33 atom stereocenters. The molecule has 0 aromatic carbocycles. The van der Waals surface area contributed by atoms with Crippen molar-refractivity contribution >= 4 is 5.97 Å². The average molecular weight is 1120 g/mol. The zero-order valence-corrected chi connectivity index (χ0v) is 47.0. The molecular formula is C61H86O19. The van der Waals surface area contributed by atoms with Crippen LogP contribution in [0.3, 0.4) is 0 Å². The summed E-state index contributed by atoms with van der Waals surface area (Å²) in [6, 6.07) is 0. The molecule has 0 aliphatic carbocycles. The Labute approximate surface area is 469 Å². The van der Waals surface area contributed by atoms with Crippen molar-refractivity contribution in [2.45, 2.75) is 319 Å². The van der Waals surface area contributed by atoms with Crippen LogP contribution in [0.4, 0.5) is 0 Å². The van der Waals surface area contributed by atoms with Crippen LogP contribution in [0.15, 0.2) is 24.3 Å². The minimum atomic E-state index is -0.941. The highest BCUT2D eigenvalue weighted by molar-refractivity contribution is 5.70. The molecule has 17 heterocycles. The molecule has 2 N–H and O–H groups in total. The predicted molar refractivity (Wildman–Crippen MR) is 276 cm³/mol. The Balaban J connectivity index is 0.628. The first kappa shape index (κ1) is 53.7. The normalized spacial score (nSPS) is 58.9. The molecule has 0 aromatic rings. The molecule has 12 bridgehead atoms. The molecule has 17 saturated heterocycles. The topological polar surface area (TPSA) is 205 Å². The maximum Gasteiger partial charge on any atom is 0.308 e. The van der Waals surface area contributed by atoms with Gasteiger partial charge in [-0.05, 0) is 73.8 Å². The third kappa shape index (κ3) is 8.99. The van der Waals surface area contributed by atoms with E-state index in [-0.39, 0.29) is 159 Å². The van der Waals surface area contributed by atoms with Crippen molar-refractivity contribution < 1.29 is 90.8 Å². The molecule has 17 aliphatic heterocycles. The number of fused-ring (bicyclic) bond motifs is 11. The first-order valence-electron chi connectivity index (χ1n) is 31.4. The standard InChI is InChI=1S/C61H86O19/c1-26-13-32-7-9-36-27(2)14-34(65-36)11-12-59-23-47-55(79-59)56-57(73-47)58(80-59)54-37(70-56)10-8-33(67-54)15-49(64)74-53-31(6)52-44(69-43(53)16-38(66-32)30(26)5)19-42-46(72-52)22-61(75-42)24-48-51(78-61)29(4)21-60(77-48)20-28(3)50-45(76-60)18-40-41(71-50)17-39(68-40)35(63)25-62/h26,28-29,31-48,50-58,62-63H,2,5,7-25H2,1,3-4,6H3/t26-,28+,29+,31+,32+,33-,34+,35+,36+,37+,38-,39+,40-,41-,42-,43+,44+,45+,46-,47+,48+,50+,51+,52+,53-,54+,55+,56+,57-,58+,59+,60-,61+/m1/s1. The summed E-state index contributed by atoms with van der Waals surface area (Å²) in [6.07, 6.45) is 4.03. The van der Waals surface area contributed by atoms with Crippen LogP contribution in [0.5, 0.6) is 0 Å². The molecule has 80 heavy (non-hydrogen) atoms. The van der Waals surface area contributed by atoms with Crippen molar-refractivity contribution in [3.8, 4) is 0 Å². The van der Waals surface area contributed by atoms with Crippen molar-refractivity contribution in [1.82, 2.24) is 0 Å². The molecule has 19 heteroatoms. The monoisotopic (exact) mass is 1120 g/mol. The third-order valence-electron chi connectivity index (χ3n) is 22.6. The van der Waals surface area contributed by atoms with Gasteiger partial charge in [0, 0.05) is 70.1 Å². The fraction of sp³-hybridized carbons (Fsp3) is 0.918. The van der Waals surface area contributed by atoms with E-state index in [0.29, 0.717) is 70.6 Å². The van der Waals surface area contributed by atoms with Gasteiger partial charge in [-0.1, -0.05) is 40.9 Å². The van der Waals surface area contributed by atoms with E-state index in [9.17, 15) is 15.0 Å². The number of carbonyl (C=O) groups excluding carboxylic acids is 1. The van der Waals surface area contributed by atoms with Crippen LogP contribution >= 0.6 is 0 Å². The Bertz CT molecular complexity index is 2410. The van der Waals surface area contributed by atoms with E-state index in [1.807, 2.05) is 0 Å². The van der Waals surface area contributed by atoms with E-state index in [1.54, 1.807) is 0 Å². The zero-order chi connectivity index (χ0) is 54.3. The molecule has 0 saturated carbocycles. The number of hydrogen-bond acceptors (Lipinski definition) is 19. The molecule has 19 nitrogen and oxygen atoms in total. The van der Waals surface area contributed by atoms with Crippen LogP contribution in [0.25, 0.3) is 0 Å². The third-order valence-corrected chi connectivity index (χ3v) is 22.6. The van der Waals surface area contributed by atoms with Gasteiger partial charge in [-0.25, -0.2) is 0 Å². The van der Waals surface area contributed by atoms with Crippen molar-refractivity contribution in [1.29, 1.82) is 0 Å². The number of ether oxygens (including phenoxy) is 16. The molecule has 17 rings (SSSR count). The van der Waals surface area contributed by atoms with Gasteiger partial charge in [0.15, 0.2) is 17.4 Å². The smallest absolute Gasteiger partial charge is 0.308 e. The number of carbonyl (C=O) groups is 1. The number of aliphatic hydroxyl groups excluding tert-OH is 2. The minimum absolute atomic E-state index is 0.0140. The van der Waals surface area contributed by atoms with Crippen LogP contribution in [0.2, 0.25) is 0 Å². The molecule has 0 amide bonds. The van der Waals surface area contributed by atoms with Gasteiger partial charge in [0.25, 0.3) is 0 Å². The summed E-state index contributed by atoms with van der Waals surface area (Å²) in [4.78, 5) is 14.6. The fourth-order valence-electron chi connectivity index (χ4n) is 18.8. The van der Waals surface area contributed by atoms with Crippen LogP contribution in [0, 0.1) is 23.7 Å². The summed E-state index contributed by atoms with van der Waals surface area (Å²) in [7, 11) is 0. The van der Waals surface area contributed by atoms with Gasteiger partial charge in [-0.3, -0.25) is 4.79 Å². The van der Waals surface area contributed by atoms with Crippen molar-refractivity contribution in [2.75, 3.05) is 6.61 Å². The number of aliphatic hydroxyl groups is 2. The molecular weight excluding hydrogens is 1040 g/mol. The molecule has 444 valence electrons. The summed E-state index contributed by atoms with van der Waals surface area (Å²) < 4.78 is 110. The zero-order valence-electron chi connectivity index (χ0n) is 47.0. The SMILES string of the molecule is C=C1C[C@@H]2CC[C@@]34C[C@@H]5O[C@@H]6[C@@H](O[C@H]7CC[C@H](CC(=O)O[C@@H]8[C@@H](C)[C@@H]9O[C@@H]%10C[C@]%11(C[C@@H]%12O[C@]%13(C[C@H](C)[C@@H]%14O[C@@H]%15C[C@@H]([C@@H](O)CO)O[C@@H]%15C[C@@H]%14O%13)C[C@H](C)[C@@H]%12O%11)O[C@@H]%10C[C@@H]9O[C@H]8C[C@H]8O[C@@H](CC[C@@H]1O2)C[C@@H](C)C8=C)O[C@@H]7[C@@H]6O3)[C@H]5O4. The van der Waals surface area contributed by atoms with Crippen molar-refractivity contribution in [3.05, 3.63) is 24.3 Å². The van der Waals surface area contributed by atoms with Gasteiger partial charge in [0.2, 0.25) is 0 Å². The molecule has 3 spiro atoms. The maximum absolute atomic E-state index is 14.6. The van der Waals surface area contributed by atoms with Crippen molar-refractivity contribution in [3.63, 3.8) is 0 Å². The highest BCUT2D eigenvalue weighted by Crippen LogP contribution is 2.58. The minimum Gasteiger partial charge on any atom is -0.459 e. The average Bonchev–Trinajstić information content (AvgIpc) is 4.37. The van der Waals surface area contributed by atoms with Gasteiger partial charge in [-0.15, -0.1) is 0 Å². The lowest BCUT2D eigenvalue weighted by molar-refractivity contribution is -0.369. The summed E-state index contributed by atoms with van der Waals surface area (Å²) in [6.45, 7) is 17.6. The maximum atomic E-state index is 14.6. The first-order chi connectivity index (χ1) is 38.6. The lowest BCUT2D eigenvalue weighted by atomic mass is 9.78. The highest BCUT2D eigenvalue weighted by Gasteiger charge is 2.70. The van der Waals surface area contributed by atoms with Crippen LogP contribution in [-0.4, -0.2) is 199 Å². The van der Waals surface area contributed by atoms with Crippen LogP contribution in [-0.2, 0) is 80.6 Å². The Morgan fingerprint density at radius 2 is 1.12 bits per heavy atom. The number of esters is 1. The Kier molecular flexibility index (Phi) is 13.4. The fourth-order valence-corrected chi connectivity index (χ4v) is 18.8. The lowest BCUT2D eigenvalue weighted by Crippen LogP contribution is -2.62. The summed E-state index contributed by atoms with van der Waals surface area (Å²) in [5.74, 6) is -2.60. The number of hydrogen-bond donors (Lipinski definition) is 2. The van der Waals surface area contributed by atoms with E-state index in [4.69, 9.17) is 75.8 Å². The van der Waals surface area contributed by atoms with E-state index in [2.05, 4.69) is 40.9 Å². The van der Waals surface area contributed by atoms with Crippen LogP contribution < -0.4 is 0 Å². The van der Waals surface area contributed by atoms with Gasteiger partial charge in [-0.2, -0.15) is 0 Å². The molecule has 0 aromatic heterocycles. The van der Waals surface area contributed by atoms with Crippen LogP contribution in [0.1, 0.15) is 143 Å². The van der Waals surface area contributed by atoms with E-state index in [0.717, 1.165) is 49.7 Å². The molecule has 17 fully saturated rings. The summed E-state index contributed by atoms with van der Waals surface area (Å²) in [5, 5.41) is 20.0. The first-order valence-corrected chi connectivity index (χ1v) is 31.4. The Morgan fingerprint density at radius 3 is 1.99 bits per heavy atom. The second-order valence-corrected chi connectivity index (χ2v) is 28.1. The second-order valence-electron chi connectivity index (χ2n) is 28.1. The summed E-state index contributed by atoms with van der Waals surface area (Å²) >= 11 is 0. The largest absolute Gasteiger partial charge is 0.459 e. The lowest BCUT2D eigenvalue weighted by Gasteiger charge is -2.54. The summed E-state index contributed by atoms with van der Waals surface area (Å²) in [5.41, 5.74) is 2.16. The molecule has 17 aliphatic rings. The highest BCUT2D eigenvalue weighted by atomic mass is 16.8. The van der Waals surface area contributed by atoms with E-state index < -0.39 is 60.1 Å². The van der Waals surface area contributed by atoms with Gasteiger partial charge in [0.05, 0.1) is 129 Å². The van der Waals surface area contributed by atoms with Gasteiger partial charge in [0.1, 0.15) is 42.7 Å². The second kappa shape index (κ2) is 19.9.